The van der Waals surface area contributed by atoms with Gasteiger partial charge in [0.25, 0.3) is 5.78 Å². The van der Waals surface area contributed by atoms with E-state index < -0.39 is 51.5 Å². The van der Waals surface area contributed by atoms with Gasteiger partial charge in [-0.05, 0) is 6.92 Å². The molecule has 4 rings (SSSR count). The molecule has 0 aliphatic carbocycles. The zero-order valence-corrected chi connectivity index (χ0v) is 17.8. The summed E-state index contributed by atoms with van der Waals surface area (Å²) >= 11 is 6.13. The molecule has 1 saturated heterocycles. The maximum absolute atomic E-state index is 15.0. The Kier molecular flexibility index (Phi) is 6.05. The van der Waals surface area contributed by atoms with Crippen LogP contribution in [0.3, 0.4) is 0 Å². The number of hydrogen-bond donors (Lipinski definition) is 2. The van der Waals surface area contributed by atoms with E-state index in [1.807, 2.05) is 0 Å². The number of aromatic nitrogens is 4. The molecular weight excluding hydrogens is 475 g/mol. The SMILES string of the molecule is C[C@H](Nc1c(-c2c(F)cc(OCCC3(N)COC3)cc2F)c(Cl)nc2ncnn12)C(F)(F)F. The van der Waals surface area contributed by atoms with Crippen LogP contribution in [0.1, 0.15) is 13.3 Å². The van der Waals surface area contributed by atoms with Crippen molar-refractivity contribution in [2.75, 3.05) is 25.1 Å². The van der Waals surface area contributed by atoms with Gasteiger partial charge in [-0.1, -0.05) is 11.6 Å². The van der Waals surface area contributed by atoms with E-state index in [2.05, 4.69) is 20.4 Å². The van der Waals surface area contributed by atoms with Gasteiger partial charge in [-0.15, -0.1) is 0 Å². The number of fused-ring (bicyclic) bond motifs is 1. The van der Waals surface area contributed by atoms with Crippen molar-refractivity contribution in [3.8, 4) is 16.9 Å². The van der Waals surface area contributed by atoms with Crippen molar-refractivity contribution in [2.45, 2.75) is 31.1 Å². The van der Waals surface area contributed by atoms with Crippen LogP contribution in [0.5, 0.6) is 5.75 Å². The fourth-order valence-electron chi connectivity index (χ4n) is 3.21. The second-order valence-electron chi connectivity index (χ2n) is 7.72. The first kappa shape index (κ1) is 23.4. The van der Waals surface area contributed by atoms with Crippen molar-refractivity contribution >= 4 is 23.2 Å². The first-order valence-corrected chi connectivity index (χ1v) is 10.1. The molecule has 3 N–H and O–H groups in total. The van der Waals surface area contributed by atoms with E-state index in [1.165, 1.54) is 0 Å². The highest BCUT2D eigenvalue weighted by Crippen LogP contribution is 2.40. The molecule has 8 nitrogen and oxygen atoms in total. The molecule has 14 heteroatoms. The summed E-state index contributed by atoms with van der Waals surface area (Å²) in [5.74, 6) is -2.94. The van der Waals surface area contributed by atoms with E-state index in [4.69, 9.17) is 26.8 Å². The smallest absolute Gasteiger partial charge is 0.408 e. The van der Waals surface area contributed by atoms with Crippen LogP contribution < -0.4 is 15.8 Å². The van der Waals surface area contributed by atoms with Crippen LogP contribution >= 0.6 is 11.6 Å². The normalized spacial score (nSPS) is 16.5. The van der Waals surface area contributed by atoms with Gasteiger partial charge in [0.1, 0.15) is 40.7 Å². The third-order valence-corrected chi connectivity index (χ3v) is 5.41. The van der Waals surface area contributed by atoms with Crippen LogP contribution in [0.2, 0.25) is 5.15 Å². The zero-order valence-electron chi connectivity index (χ0n) is 17.1. The Morgan fingerprint density at radius 3 is 2.52 bits per heavy atom. The maximum atomic E-state index is 15.0. The number of ether oxygens (including phenoxy) is 2. The molecule has 1 fully saturated rings. The van der Waals surface area contributed by atoms with E-state index >= 15 is 8.78 Å². The standard InChI is InChI=1S/C19H18ClF5N6O2/c1-9(19(23,24)25)29-16-14(15(20)30-17-27-8-28-31(16)17)13-11(21)4-10(5-12(13)22)33-3-2-18(26)6-32-7-18/h4-5,8-9,29H,2-3,6-7,26H2,1H3/t9-/m0/s1. The van der Waals surface area contributed by atoms with Crippen molar-refractivity contribution in [1.29, 1.82) is 0 Å². The third kappa shape index (κ3) is 4.66. The minimum Gasteiger partial charge on any atom is -0.493 e. The quantitative estimate of drug-likeness (QED) is 0.384. The van der Waals surface area contributed by atoms with Gasteiger partial charge >= 0.3 is 6.18 Å². The molecule has 0 amide bonds. The van der Waals surface area contributed by atoms with Crippen LogP contribution in [-0.2, 0) is 4.74 Å². The van der Waals surface area contributed by atoms with Crippen LogP contribution in [0.25, 0.3) is 16.9 Å². The largest absolute Gasteiger partial charge is 0.493 e. The first-order valence-electron chi connectivity index (χ1n) is 9.70. The summed E-state index contributed by atoms with van der Waals surface area (Å²) in [6.07, 6.45) is -3.24. The van der Waals surface area contributed by atoms with E-state index in [-0.39, 0.29) is 18.1 Å². The molecule has 1 aromatic carbocycles. The molecule has 0 radical (unpaired) electrons. The Hall–Kier alpha value is -2.77. The molecule has 1 atom stereocenters. The van der Waals surface area contributed by atoms with Gasteiger partial charge in [0.2, 0.25) is 0 Å². The molecule has 3 heterocycles. The highest BCUT2D eigenvalue weighted by molar-refractivity contribution is 6.33. The number of nitrogens with one attached hydrogen (secondary N) is 1. The lowest BCUT2D eigenvalue weighted by molar-refractivity contribution is -0.138. The summed E-state index contributed by atoms with van der Waals surface area (Å²) in [5, 5.41) is 5.51. The van der Waals surface area contributed by atoms with Gasteiger partial charge in [0.15, 0.2) is 0 Å². The van der Waals surface area contributed by atoms with Gasteiger partial charge in [-0.2, -0.15) is 32.8 Å². The number of halogens is 6. The Morgan fingerprint density at radius 2 is 1.94 bits per heavy atom. The molecule has 178 valence electrons. The van der Waals surface area contributed by atoms with Gasteiger partial charge in [0.05, 0.1) is 36.5 Å². The molecule has 1 aliphatic heterocycles. The molecule has 33 heavy (non-hydrogen) atoms. The number of nitrogens with two attached hydrogens (primary N) is 1. The Labute approximate surface area is 188 Å². The Balaban J connectivity index is 1.72. The average molecular weight is 493 g/mol. The first-order chi connectivity index (χ1) is 15.5. The van der Waals surface area contributed by atoms with Crippen LogP contribution in [0.15, 0.2) is 18.5 Å². The van der Waals surface area contributed by atoms with Gasteiger partial charge in [0, 0.05) is 18.6 Å². The summed E-state index contributed by atoms with van der Waals surface area (Å²) < 4.78 is 81.0. The van der Waals surface area contributed by atoms with Crippen LogP contribution in [0, 0.1) is 11.6 Å². The lowest BCUT2D eigenvalue weighted by atomic mass is 9.95. The second-order valence-corrected chi connectivity index (χ2v) is 8.08. The van der Waals surface area contributed by atoms with Crippen molar-refractivity contribution in [3.05, 3.63) is 35.2 Å². The zero-order chi connectivity index (χ0) is 24.0. The fraction of sp³-hybridized carbons (Fsp3) is 0.421. The predicted molar refractivity (Wildman–Crippen MR) is 108 cm³/mol. The lowest BCUT2D eigenvalue weighted by Gasteiger charge is -2.37. The van der Waals surface area contributed by atoms with Gasteiger partial charge < -0.3 is 20.5 Å². The lowest BCUT2D eigenvalue weighted by Crippen LogP contribution is -2.58. The molecule has 3 aromatic rings. The minimum absolute atomic E-state index is 0.0845. The van der Waals surface area contributed by atoms with E-state index in [0.29, 0.717) is 19.6 Å². The maximum Gasteiger partial charge on any atom is 0.408 e. The number of hydrogen-bond acceptors (Lipinski definition) is 7. The molecule has 0 saturated carbocycles. The second kappa shape index (κ2) is 8.54. The summed E-state index contributed by atoms with van der Waals surface area (Å²) in [7, 11) is 0. The summed E-state index contributed by atoms with van der Waals surface area (Å²) in [6.45, 7) is 1.64. The predicted octanol–water partition coefficient (Wildman–Crippen LogP) is 3.58. The third-order valence-electron chi connectivity index (χ3n) is 5.14. The number of anilines is 1. The number of nitrogens with zero attached hydrogens (tertiary/aromatic N) is 4. The molecule has 0 bridgehead atoms. The number of alkyl halides is 3. The van der Waals surface area contributed by atoms with E-state index in [0.717, 1.165) is 29.9 Å². The minimum atomic E-state index is -4.67. The number of rotatable bonds is 7. The average Bonchev–Trinajstić information content (AvgIpc) is 3.15. The molecule has 2 aromatic heterocycles. The molecule has 0 unspecified atom stereocenters. The molecule has 1 aliphatic rings. The fourth-order valence-corrected chi connectivity index (χ4v) is 3.47. The van der Waals surface area contributed by atoms with E-state index in [1.54, 1.807) is 0 Å². The Bertz CT molecular complexity index is 1160. The highest BCUT2D eigenvalue weighted by Gasteiger charge is 2.38. The molecular formula is C19H18ClF5N6O2. The topological polar surface area (TPSA) is 99.6 Å². The van der Waals surface area contributed by atoms with Crippen molar-refractivity contribution in [2.24, 2.45) is 5.73 Å². The molecule has 0 spiro atoms. The number of benzene rings is 1. The van der Waals surface area contributed by atoms with Gasteiger partial charge in [-0.3, -0.25) is 0 Å². The van der Waals surface area contributed by atoms with Crippen molar-refractivity contribution in [1.82, 2.24) is 19.6 Å². The summed E-state index contributed by atoms with van der Waals surface area (Å²) in [4.78, 5) is 7.66. The van der Waals surface area contributed by atoms with Crippen LogP contribution in [-0.4, -0.2) is 57.2 Å². The van der Waals surface area contributed by atoms with Crippen molar-refractivity contribution in [3.63, 3.8) is 0 Å². The van der Waals surface area contributed by atoms with E-state index in [9.17, 15) is 13.2 Å². The summed E-state index contributed by atoms with van der Waals surface area (Å²) in [6, 6.07) is -0.301. The summed E-state index contributed by atoms with van der Waals surface area (Å²) in [5.41, 5.74) is 4.31. The van der Waals surface area contributed by atoms with Crippen LogP contribution in [0.4, 0.5) is 27.8 Å². The van der Waals surface area contributed by atoms with Crippen molar-refractivity contribution < 1.29 is 31.4 Å². The monoisotopic (exact) mass is 492 g/mol. The Morgan fingerprint density at radius 1 is 1.27 bits per heavy atom. The highest BCUT2D eigenvalue weighted by atomic mass is 35.5. The van der Waals surface area contributed by atoms with Gasteiger partial charge in [-0.25, -0.2) is 8.78 Å².